The van der Waals surface area contributed by atoms with Crippen LogP contribution in [0.15, 0.2) is 55.6 Å². The first-order valence-corrected chi connectivity index (χ1v) is 11.8. The van der Waals surface area contributed by atoms with Gasteiger partial charge in [-0.15, -0.1) is 6.58 Å². The van der Waals surface area contributed by atoms with E-state index in [9.17, 15) is 18.0 Å². The van der Waals surface area contributed by atoms with E-state index < -0.39 is 29.2 Å². The third kappa shape index (κ3) is 5.06. The quantitative estimate of drug-likeness (QED) is 0.241. The molecule has 0 saturated heterocycles. The minimum absolute atomic E-state index is 0.00913. The Bertz CT molecular complexity index is 1080. The van der Waals surface area contributed by atoms with Gasteiger partial charge in [-0.3, -0.25) is 0 Å². The molecule has 3 nitrogen and oxygen atoms in total. The van der Waals surface area contributed by atoms with Gasteiger partial charge in [0.2, 0.25) is 11.6 Å². The van der Waals surface area contributed by atoms with Crippen molar-refractivity contribution < 1.29 is 27.4 Å². The third-order valence-electron chi connectivity index (χ3n) is 7.24. The number of esters is 1. The topological polar surface area (TPSA) is 35.5 Å². The molecule has 0 amide bonds. The van der Waals surface area contributed by atoms with Crippen LogP contribution in [0.4, 0.5) is 13.2 Å². The van der Waals surface area contributed by atoms with E-state index in [4.69, 9.17) is 9.47 Å². The summed E-state index contributed by atoms with van der Waals surface area (Å²) < 4.78 is 53.3. The molecule has 4 unspecified atom stereocenters. The maximum absolute atomic E-state index is 14.9. The summed E-state index contributed by atoms with van der Waals surface area (Å²) in [6, 6.07) is 6.69. The predicted molar refractivity (Wildman–Crippen MR) is 125 cm³/mol. The van der Waals surface area contributed by atoms with Crippen LogP contribution in [0.2, 0.25) is 0 Å². The van der Waals surface area contributed by atoms with E-state index in [0.717, 1.165) is 43.4 Å². The number of rotatable bonds is 7. The van der Waals surface area contributed by atoms with Gasteiger partial charge in [-0.25, -0.2) is 9.18 Å². The highest BCUT2D eigenvalue weighted by Gasteiger charge is 2.35. The summed E-state index contributed by atoms with van der Waals surface area (Å²) in [4.78, 5) is 12.5. The lowest BCUT2D eigenvalue weighted by Crippen LogP contribution is -2.30. The fourth-order valence-electron chi connectivity index (χ4n) is 5.40. The Morgan fingerprint density at radius 3 is 2.38 bits per heavy atom. The number of halogens is 3. The van der Waals surface area contributed by atoms with Crippen molar-refractivity contribution in [1.82, 2.24) is 0 Å². The van der Waals surface area contributed by atoms with Crippen LogP contribution in [0.1, 0.15) is 60.4 Å². The summed E-state index contributed by atoms with van der Waals surface area (Å²) in [6.45, 7) is 7.37. The van der Waals surface area contributed by atoms with Gasteiger partial charge in [-0.2, -0.15) is 8.78 Å². The van der Waals surface area contributed by atoms with E-state index in [0.29, 0.717) is 17.8 Å². The molecule has 0 aromatic heterocycles. The summed E-state index contributed by atoms with van der Waals surface area (Å²) in [6.07, 6.45) is 10.1. The molecule has 0 heterocycles. The lowest BCUT2D eigenvalue weighted by molar-refractivity contribution is 0.0721. The molecule has 2 fully saturated rings. The molecule has 0 N–H and O–H groups in total. The Balaban J connectivity index is 1.43. The number of hydrogen-bond acceptors (Lipinski definition) is 3. The molecule has 0 aliphatic heterocycles. The highest BCUT2D eigenvalue weighted by atomic mass is 19.2. The van der Waals surface area contributed by atoms with Gasteiger partial charge in [-0.1, -0.05) is 24.8 Å². The average molecular weight is 471 g/mol. The van der Waals surface area contributed by atoms with Crippen LogP contribution in [0, 0.1) is 35.2 Å². The molecular weight excluding hydrogens is 441 g/mol. The first-order chi connectivity index (χ1) is 16.4. The van der Waals surface area contributed by atoms with Crippen molar-refractivity contribution in [3.8, 4) is 11.5 Å². The largest absolute Gasteiger partial charge is 0.486 e. The van der Waals surface area contributed by atoms with E-state index in [1.54, 1.807) is 6.07 Å². The maximum Gasteiger partial charge on any atom is 0.346 e. The number of benzene rings is 2. The molecule has 180 valence electrons. The van der Waals surface area contributed by atoms with E-state index in [-0.39, 0.29) is 23.8 Å². The summed E-state index contributed by atoms with van der Waals surface area (Å²) in [5.74, 6) is -3.26. The SMILES string of the molecule is C=CCOc1ccc(OC(=O)c2ccc(C3CCC4CC(C=C)CCC4C3)cc2F)c(F)c1F. The second kappa shape index (κ2) is 10.5. The van der Waals surface area contributed by atoms with Crippen LogP contribution in [-0.4, -0.2) is 12.6 Å². The molecule has 6 heteroatoms. The molecule has 0 radical (unpaired) electrons. The Morgan fingerprint density at radius 2 is 1.65 bits per heavy atom. The van der Waals surface area contributed by atoms with Crippen LogP contribution < -0.4 is 9.47 Å². The van der Waals surface area contributed by atoms with E-state index in [1.165, 1.54) is 31.1 Å². The number of hydrogen-bond donors (Lipinski definition) is 0. The van der Waals surface area contributed by atoms with Crippen molar-refractivity contribution in [2.24, 2.45) is 17.8 Å². The Morgan fingerprint density at radius 1 is 0.941 bits per heavy atom. The normalized spacial score (nSPS) is 24.1. The van der Waals surface area contributed by atoms with Gasteiger partial charge in [0, 0.05) is 0 Å². The zero-order valence-corrected chi connectivity index (χ0v) is 19.1. The molecule has 34 heavy (non-hydrogen) atoms. The molecule has 2 saturated carbocycles. The van der Waals surface area contributed by atoms with Gasteiger partial charge >= 0.3 is 5.97 Å². The van der Waals surface area contributed by atoms with Crippen molar-refractivity contribution in [3.63, 3.8) is 0 Å². The van der Waals surface area contributed by atoms with Crippen LogP contribution in [0.3, 0.4) is 0 Å². The zero-order chi connectivity index (χ0) is 24.2. The van der Waals surface area contributed by atoms with E-state index in [2.05, 4.69) is 19.2 Å². The fraction of sp³-hybridized carbons (Fsp3) is 0.393. The highest BCUT2D eigenvalue weighted by molar-refractivity contribution is 5.91. The average Bonchev–Trinajstić information content (AvgIpc) is 2.85. The van der Waals surface area contributed by atoms with Gasteiger partial charge in [0.1, 0.15) is 12.4 Å². The molecular formula is C28H29F3O3. The summed E-state index contributed by atoms with van der Waals surface area (Å²) in [5, 5.41) is 0. The van der Waals surface area contributed by atoms with Gasteiger partial charge in [-0.05, 0) is 92.0 Å². The first kappa shape index (κ1) is 24.1. The lowest BCUT2D eigenvalue weighted by atomic mass is 9.64. The van der Waals surface area contributed by atoms with Crippen molar-refractivity contribution in [2.75, 3.05) is 6.61 Å². The van der Waals surface area contributed by atoms with Crippen LogP contribution >= 0.6 is 0 Å². The maximum atomic E-state index is 14.9. The van der Waals surface area contributed by atoms with Gasteiger partial charge in [0.25, 0.3) is 0 Å². The van der Waals surface area contributed by atoms with Crippen molar-refractivity contribution in [2.45, 2.75) is 44.4 Å². The summed E-state index contributed by atoms with van der Waals surface area (Å²) >= 11 is 0. The lowest BCUT2D eigenvalue weighted by Gasteiger charge is -2.41. The predicted octanol–water partition coefficient (Wildman–Crippen LogP) is 7.37. The fourth-order valence-corrected chi connectivity index (χ4v) is 5.40. The van der Waals surface area contributed by atoms with Crippen molar-refractivity contribution >= 4 is 5.97 Å². The molecule has 4 rings (SSSR count). The minimum Gasteiger partial charge on any atom is -0.486 e. The third-order valence-corrected chi connectivity index (χ3v) is 7.24. The smallest absolute Gasteiger partial charge is 0.346 e. The van der Waals surface area contributed by atoms with Crippen molar-refractivity contribution in [3.05, 3.63) is 84.2 Å². The molecule has 4 atom stereocenters. The number of carbonyl (C=O) groups excluding carboxylic acids is 1. The zero-order valence-electron chi connectivity index (χ0n) is 19.1. The first-order valence-electron chi connectivity index (χ1n) is 11.8. The van der Waals surface area contributed by atoms with Crippen LogP contribution in [-0.2, 0) is 0 Å². The molecule has 2 aliphatic rings. The molecule has 0 bridgehead atoms. The van der Waals surface area contributed by atoms with Crippen LogP contribution in [0.25, 0.3) is 0 Å². The molecule has 2 aliphatic carbocycles. The molecule has 0 spiro atoms. The second-order valence-corrected chi connectivity index (χ2v) is 9.26. The summed E-state index contributed by atoms with van der Waals surface area (Å²) in [5.41, 5.74) is 0.537. The Kier molecular flexibility index (Phi) is 7.44. The van der Waals surface area contributed by atoms with E-state index in [1.807, 2.05) is 0 Å². The standard InChI is InChI=1S/C28H29F3O3/c1-3-13-33-24-11-12-25(27(31)26(24)30)34-28(32)22-10-9-21(16-23(22)29)20-8-7-18-14-17(4-2)5-6-19(18)15-20/h3-4,9-12,16-20H,1-2,5-8,13-15H2. The van der Waals surface area contributed by atoms with Gasteiger partial charge in [0.05, 0.1) is 5.56 Å². The molecule has 2 aromatic carbocycles. The monoisotopic (exact) mass is 470 g/mol. The van der Waals surface area contributed by atoms with Crippen LogP contribution in [0.5, 0.6) is 11.5 Å². The Hall–Kier alpha value is -3.02. The second-order valence-electron chi connectivity index (χ2n) is 9.26. The number of allylic oxidation sites excluding steroid dienone is 1. The van der Waals surface area contributed by atoms with Gasteiger partial charge in [0.15, 0.2) is 11.5 Å². The highest BCUT2D eigenvalue weighted by Crippen LogP contribution is 2.47. The minimum atomic E-state index is -1.38. The number of fused-ring (bicyclic) bond motifs is 1. The summed E-state index contributed by atoms with van der Waals surface area (Å²) in [7, 11) is 0. The van der Waals surface area contributed by atoms with E-state index >= 15 is 0 Å². The Labute approximate surface area is 198 Å². The van der Waals surface area contributed by atoms with Gasteiger partial charge < -0.3 is 9.47 Å². The number of ether oxygens (including phenoxy) is 2. The van der Waals surface area contributed by atoms with Crippen molar-refractivity contribution in [1.29, 1.82) is 0 Å². The molecule has 2 aromatic rings. The number of carbonyl (C=O) groups is 1.